The van der Waals surface area contributed by atoms with Crippen LogP contribution in [0.3, 0.4) is 0 Å². The first-order chi connectivity index (χ1) is 8.69. The van der Waals surface area contributed by atoms with E-state index in [2.05, 4.69) is 18.7 Å². The highest BCUT2D eigenvalue weighted by molar-refractivity contribution is 5.76. The summed E-state index contributed by atoms with van der Waals surface area (Å²) in [7, 11) is 0. The molecule has 2 N–H and O–H groups in total. The first-order valence-corrected chi connectivity index (χ1v) is 7.41. The van der Waals surface area contributed by atoms with Crippen LogP contribution in [-0.2, 0) is 4.79 Å². The van der Waals surface area contributed by atoms with Crippen molar-refractivity contribution < 1.29 is 4.79 Å². The highest BCUT2D eigenvalue weighted by Crippen LogP contribution is 2.12. The van der Waals surface area contributed by atoms with Crippen molar-refractivity contribution in [1.82, 2.24) is 9.80 Å². The van der Waals surface area contributed by atoms with Gasteiger partial charge in [-0.1, -0.05) is 19.8 Å². The molecule has 0 aromatic rings. The Bertz CT molecular complexity index is 245. The third-order valence-electron chi connectivity index (χ3n) is 3.87. The number of unbranched alkanes of at least 4 members (excludes halogenated alkanes) is 3. The Morgan fingerprint density at radius 2 is 1.94 bits per heavy atom. The van der Waals surface area contributed by atoms with Gasteiger partial charge in [0.2, 0.25) is 5.91 Å². The maximum absolute atomic E-state index is 12.1. The molecule has 1 heterocycles. The van der Waals surface area contributed by atoms with Crippen molar-refractivity contribution in [3.63, 3.8) is 0 Å². The van der Waals surface area contributed by atoms with Crippen LogP contribution in [0.5, 0.6) is 0 Å². The van der Waals surface area contributed by atoms with Gasteiger partial charge < -0.3 is 10.6 Å². The number of nitrogens with two attached hydrogens (primary N) is 1. The summed E-state index contributed by atoms with van der Waals surface area (Å²) in [5, 5.41) is 0. The second kappa shape index (κ2) is 8.48. The SMILES string of the molecule is CCN1CCN(C(=O)CCCCCCN)CC1C. The van der Waals surface area contributed by atoms with Crippen LogP contribution in [0.4, 0.5) is 0 Å². The van der Waals surface area contributed by atoms with Crippen molar-refractivity contribution in [2.24, 2.45) is 5.73 Å². The summed E-state index contributed by atoms with van der Waals surface area (Å²) < 4.78 is 0. The molecular weight excluding hydrogens is 226 g/mol. The van der Waals surface area contributed by atoms with Crippen LogP contribution < -0.4 is 5.73 Å². The molecule has 0 spiro atoms. The lowest BCUT2D eigenvalue weighted by atomic mass is 10.1. The fraction of sp³-hybridized carbons (Fsp3) is 0.929. The Morgan fingerprint density at radius 1 is 1.22 bits per heavy atom. The molecule has 1 aliphatic rings. The molecule has 0 aromatic heterocycles. The Hall–Kier alpha value is -0.610. The standard InChI is InChI=1S/C14H29N3O/c1-3-16-10-11-17(12-13(16)2)14(18)8-6-4-5-7-9-15/h13H,3-12,15H2,1-2H3. The van der Waals surface area contributed by atoms with Gasteiger partial charge in [0.15, 0.2) is 0 Å². The van der Waals surface area contributed by atoms with Gasteiger partial charge in [-0.05, 0) is 32.9 Å². The molecule has 4 heteroatoms. The van der Waals surface area contributed by atoms with E-state index in [4.69, 9.17) is 5.73 Å². The van der Waals surface area contributed by atoms with Crippen LogP contribution in [-0.4, -0.2) is 54.5 Å². The topological polar surface area (TPSA) is 49.6 Å². The van der Waals surface area contributed by atoms with E-state index < -0.39 is 0 Å². The molecule has 1 amide bonds. The normalized spacial score (nSPS) is 21.3. The molecule has 0 radical (unpaired) electrons. The van der Waals surface area contributed by atoms with E-state index in [1.54, 1.807) is 0 Å². The van der Waals surface area contributed by atoms with E-state index in [1.807, 2.05) is 4.90 Å². The second-order valence-corrected chi connectivity index (χ2v) is 5.27. The van der Waals surface area contributed by atoms with E-state index in [9.17, 15) is 4.79 Å². The van der Waals surface area contributed by atoms with Gasteiger partial charge in [-0.3, -0.25) is 9.69 Å². The van der Waals surface area contributed by atoms with Crippen LogP contribution >= 0.6 is 0 Å². The number of likely N-dealkylation sites (N-methyl/N-ethyl adjacent to an activating group) is 1. The number of nitrogens with zero attached hydrogens (tertiary/aromatic N) is 2. The van der Waals surface area contributed by atoms with Crippen molar-refractivity contribution in [3.8, 4) is 0 Å². The van der Waals surface area contributed by atoms with Crippen LogP contribution in [0.1, 0.15) is 46.0 Å². The first-order valence-electron chi connectivity index (χ1n) is 7.41. The molecule has 1 atom stereocenters. The molecule has 1 aliphatic heterocycles. The molecule has 4 nitrogen and oxygen atoms in total. The van der Waals surface area contributed by atoms with E-state index in [1.165, 1.54) is 0 Å². The van der Waals surface area contributed by atoms with Crippen molar-refractivity contribution in [2.45, 2.75) is 52.0 Å². The van der Waals surface area contributed by atoms with Gasteiger partial charge in [0.05, 0.1) is 0 Å². The molecule has 18 heavy (non-hydrogen) atoms. The Balaban J connectivity index is 2.18. The van der Waals surface area contributed by atoms with Crippen LogP contribution in [0.25, 0.3) is 0 Å². The smallest absolute Gasteiger partial charge is 0.222 e. The zero-order chi connectivity index (χ0) is 13.4. The third-order valence-corrected chi connectivity index (χ3v) is 3.87. The highest BCUT2D eigenvalue weighted by atomic mass is 16.2. The predicted octanol–water partition coefficient (Wildman–Crippen LogP) is 1.45. The summed E-state index contributed by atoms with van der Waals surface area (Å²) in [6.45, 7) is 9.08. The number of hydrogen-bond donors (Lipinski definition) is 1. The van der Waals surface area contributed by atoms with E-state index in [0.29, 0.717) is 18.4 Å². The molecule has 1 saturated heterocycles. The zero-order valence-corrected chi connectivity index (χ0v) is 12.0. The maximum Gasteiger partial charge on any atom is 0.222 e. The molecule has 1 unspecified atom stereocenters. The van der Waals surface area contributed by atoms with Gasteiger partial charge in [0.25, 0.3) is 0 Å². The average molecular weight is 255 g/mol. The van der Waals surface area contributed by atoms with Crippen molar-refractivity contribution in [1.29, 1.82) is 0 Å². The van der Waals surface area contributed by atoms with Crippen molar-refractivity contribution in [2.75, 3.05) is 32.7 Å². The summed E-state index contributed by atoms with van der Waals surface area (Å²) in [5.74, 6) is 0.338. The van der Waals surface area contributed by atoms with Gasteiger partial charge in [0.1, 0.15) is 0 Å². The number of piperazine rings is 1. The summed E-state index contributed by atoms with van der Waals surface area (Å²) >= 11 is 0. The predicted molar refractivity (Wildman–Crippen MR) is 75.4 cm³/mol. The molecular formula is C14H29N3O. The molecule has 106 valence electrons. The summed E-state index contributed by atoms with van der Waals surface area (Å²) in [6.07, 6.45) is 5.10. The third kappa shape index (κ3) is 4.94. The first kappa shape index (κ1) is 15.4. The summed E-state index contributed by atoms with van der Waals surface area (Å²) in [4.78, 5) is 16.5. The fourth-order valence-corrected chi connectivity index (χ4v) is 2.62. The van der Waals surface area contributed by atoms with Crippen molar-refractivity contribution >= 4 is 5.91 Å². The monoisotopic (exact) mass is 255 g/mol. The number of amides is 1. The van der Waals surface area contributed by atoms with Gasteiger partial charge in [0, 0.05) is 32.1 Å². The lowest BCUT2D eigenvalue weighted by Crippen LogP contribution is -2.53. The lowest BCUT2D eigenvalue weighted by molar-refractivity contribution is -0.134. The van der Waals surface area contributed by atoms with Gasteiger partial charge in [-0.25, -0.2) is 0 Å². The quantitative estimate of drug-likeness (QED) is 0.701. The Morgan fingerprint density at radius 3 is 2.56 bits per heavy atom. The van der Waals surface area contributed by atoms with Crippen LogP contribution in [0.2, 0.25) is 0 Å². The van der Waals surface area contributed by atoms with Crippen molar-refractivity contribution in [3.05, 3.63) is 0 Å². The largest absolute Gasteiger partial charge is 0.340 e. The lowest BCUT2D eigenvalue weighted by Gasteiger charge is -2.39. The Kier molecular flexibility index (Phi) is 7.28. The van der Waals surface area contributed by atoms with E-state index in [-0.39, 0.29) is 0 Å². The maximum atomic E-state index is 12.1. The molecule has 0 saturated carbocycles. The summed E-state index contributed by atoms with van der Waals surface area (Å²) in [6, 6.07) is 0.505. The minimum atomic E-state index is 0.338. The number of hydrogen-bond acceptors (Lipinski definition) is 3. The minimum Gasteiger partial charge on any atom is -0.340 e. The Labute approximate surface area is 111 Å². The minimum absolute atomic E-state index is 0.338. The van der Waals surface area contributed by atoms with Crippen LogP contribution in [0, 0.1) is 0 Å². The van der Waals surface area contributed by atoms with Gasteiger partial charge in [-0.2, -0.15) is 0 Å². The van der Waals surface area contributed by atoms with Gasteiger partial charge >= 0.3 is 0 Å². The number of rotatable bonds is 7. The summed E-state index contributed by atoms with van der Waals surface area (Å²) in [5.41, 5.74) is 5.45. The van der Waals surface area contributed by atoms with E-state index >= 15 is 0 Å². The van der Waals surface area contributed by atoms with Crippen LogP contribution in [0.15, 0.2) is 0 Å². The second-order valence-electron chi connectivity index (χ2n) is 5.27. The number of carbonyl (C=O) groups excluding carboxylic acids is 1. The molecule has 0 aromatic carbocycles. The fourth-order valence-electron chi connectivity index (χ4n) is 2.62. The van der Waals surface area contributed by atoms with E-state index in [0.717, 1.165) is 58.4 Å². The highest BCUT2D eigenvalue weighted by Gasteiger charge is 2.24. The zero-order valence-electron chi connectivity index (χ0n) is 12.0. The molecule has 0 aliphatic carbocycles. The molecule has 0 bridgehead atoms. The number of carbonyl (C=O) groups is 1. The average Bonchev–Trinajstić information content (AvgIpc) is 2.38. The van der Waals surface area contributed by atoms with Gasteiger partial charge in [-0.15, -0.1) is 0 Å². The molecule has 1 rings (SSSR count). The molecule has 1 fully saturated rings.